The lowest BCUT2D eigenvalue weighted by molar-refractivity contribution is -0.118. The maximum Gasteiger partial charge on any atom is 0.263 e. The van der Waals surface area contributed by atoms with Gasteiger partial charge in [-0.2, -0.15) is 0 Å². The molecule has 6 heteroatoms. The van der Waals surface area contributed by atoms with Crippen LogP contribution in [0.15, 0.2) is 41.0 Å². The highest BCUT2D eigenvalue weighted by molar-refractivity contribution is 5.94. The monoisotopic (exact) mass is 351 g/mol. The maximum atomic E-state index is 12.2. The predicted octanol–water partition coefficient (Wildman–Crippen LogP) is 3.99. The van der Waals surface area contributed by atoms with Gasteiger partial charge >= 0.3 is 0 Å². The topological polar surface area (TPSA) is 77.2 Å². The van der Waals surface area contributed by atoms with Gasteiger partial charge in [0.1, 0.15) is 5.75 Å². The average molecular weight is 351 g/mol. The number of nitrogens with zero attached hydrogens (tertiary/aromatic N) is 2. The molecule has 0 unspecified atom stereocenters. The molecule has 0 atom stereocenters. The smallest absolute Gasteiger partial charge is 0.263 e. The van der Waals surface area contributed by atoms with E-state index in [0.29, 0.717) is 11.4 Å². The second kappa shape index (κ2) is 7.39. The van der Waals surface area contributed by atoms with Crippen molar-refractivity contribution in [3.63, 3.8) is 0 Å². The maximum absolute atomic E-state index is 12.2. The van der Waals surface area contributed by atoms with Crippen LogP contribution in [0.2, 0.25) is 0 Å². The molecule has 0 aliphatic carbocycles. The highest BCUT2D eigenvalue weighted by atomic mass is 16.6. The quantitative estimate of drug-likeness (QED) is 0.752. The molecule has 26 heavy (non-hydrogen) atoms. The number of rotatable bonds is 5. The van der Waals surface area contributed by atoms with Crippen LogP contribution in [0.4, 0.5) is 5.82 Å². The number of aromatic nitrogens is 2. The van der Waals surface area contributed by atoms with Crippen LogP contribution in [0, 0.1) is 27.7 Å². The molecule has 1 aromatic heterocycles. The highest BCUT2D eigenvalue weighted by Crippen LogP contribution is 2.26. The van der Waals surface area contributed by atoms with Gasteiger partial charge in [-0.15, -0.1) is 0 Å². The summed E-state index contributed by atoms with van der Waals surface area (Å²) in [4.78, 5) is 12.2. The summed E-state index contributed by atoms with van der Waals surface area (Å²) in [6.45, 7) is 7.95. The van der Waals surface area contributed by atoms with Crippen LogP contribution in [0.1, 0.15) is 22.3 Å². The normalized spacial score (nSPS) is 10.6. The number of hydrogen-bond acceptors (Lipinski definition) is 5. The first-order chi connectivity index (χ1) is 12.4. The van der Waals surface area contributed by atoms with Gasteiger partial charge in [0.05, 0.1) is 0 Å². The molecular weight excluding hydrogens is 330 g/mol. The van der Waals surface area contributed by atoms with E-state index in [-0.39, 0.29) is 18.3 Å². The third-order valence-electron chi connectivity index (χ3n) is 4.37. The van der Waals surface area contributed by atoms with Crippen molar-refractivity contribution in [3.8, 4) is 17.0 Å². The summed E-state index contributed by atoms with van der Waals surface area (Å²) in [5.41, 5.74) is 5.92. The molecule has 0 aliphatic heterocycles. The van der Waals surface area contributed by atoms with Crippen molar-refractivity contribution in [3.05, 3.63) is 58.7 Å². The van der Waals surface area contributed by atoms with Crippen molar-refractivity contribution in [2.75, 3.05) is 11.9 Å². The standard InChI is InChI=1S/C20H21N3O3/c1-12-5-7-16(9-14(12)3)19-20(23-26-22-19)21-18(24)11-25-17-8-6-13(2)15(4)10-17/h5-10H,11H2,1-4H3,(H,21,23,24). The summed E-state index contributed by atoms with van der Waals surface area (Å²) in [7, 11) is 0. The van der Waals surface area contributed by atoms with Crippen molar-refractivity contribution in [1.82, 2.24) is 10.3 Å². The van der Waals surface area contributed by atoms with Gasteiger partial charge in [0, 0.05) is 5.56 Å². The van der Waals surface area contributed by atoms with Crippen LogP contribution < -0.4 is 10.1 Å². The summed E-state index contributed by atoms with van der Waals surface area (Å²) >= 11 is 0. The van der Waals surface area contributed by atoms with Crippen molar-refractivity contribution < 1.29 is 14.2 Å². The molecule has 0 aliphatic rings. The number of carbonyl (C=O) groups is 1. The van der Waals surface area contributed by atoms with Crippen LogP contribution in [0.25, 0.3) is 11.3 Å². The molecule has 0 saturated heterocycles. The Balaban J connectivity index is 1.67. The van der Waals surface area contributed by atoms with Gasteiger partial charge in [0.15, 0.2) is 12.3 Å². The van der Waals surface area contributed by atoms with E-state index in [1.54, 1.807) is 0 Å². The minimum absolute atomic E-state index is 0.123. The Bertz CT molecular complexity index is 947. The molecule has 0 radical (unpaired) electrons. The number of benzene rings is 2. The fraction of sp³-hybridized carbons (Fsp3) is 0.250. The molecular formula is C20H21N3O3. The van der Waals surface area contributed by atoms with Gasteiger partial charge in [-0.25, -0.2) is 4.63 Å². The first kappa shape index (κ1) is 17.7. The number of carbonyl (C=O) groups excluding carboxylic acids is 1. The number of nitrogens with one attached hydrogen (secondary N) is 1. The highest BCUT2D eigenvalue weighted by Gasteiger charge is 2.16. The zero-order chi connectivity index (χ0) is 18.7. The Morgan fingerprint density at radius 1 is 0.962 bits per heavy atom. The van der Waals surface area contributed by atoms with Crippen molar-refractivity contribution >= 4 is 11.7 Å². The SMILES string of the molecule is Cc1ccc(OCC(=O)Nc2nonc2-c2ccc(C)c(C)c2)cc1C. The summed E-state index contributed by atoms with van der Waals surface area (Å²) in [6, 6.07) is 11.6. The van der Waals surface area contributed by atoms with E-state index in [9.17, 15) is 4.79 Å². The first-order valence-corrected chi connectivity index (χ1v) is 8.34. The summed E-state index contributed by atoms with van der Waals surface area (Å²) < 4.78 is 10.3. The van der Waals surface area contributed by atoms with Crippen LogP contribution >= 0.6 is 0 Å². The molecule has 3 aromatic rings. The molecule has 2 aromatic carbocycles. The van der Waals surface area contributed by atoms with Gasteiger partial charge in [0.25, 0.3) is 5.91 Å². The molecule has 0 saturated carbocycles. The lowest BCUT2D eigenvalue weighted by Gasteiger charge is -2.08. The molecule has 0 bridgehead atoms. The number of anilines is 1. The Hall–Kier alpha value is -3.15. The molecule has 134 valence electrons. The molecule has 0 spiro atoms. The van der Waals surface area contributed by atoms with Crippen molar-refractivity contribution in [2.45, 2.75) is 27.7 Å². The van der Waals surface area contributed by atoms with Crippen LogP contribution in [-0.4, -0.2) is 22.8 Å². The third kappa shape index (κ3) is 3.91. The Labute approximate surface area is 152 Å². The summed E-state index contributed by atoms with van der Waals surface area (Å²) in [6.07, 6.45) is 0. The summed E-state index contributed by atoms with van der Waals surface area (Å²) in [5.74, 6) is 0.599. The Morgan fingerprint density at radius 3 is 2.35 bits per heavy atom. The van der Waals surface area contributed by atoms with Crippen LogP contribution in [0.3, 0.4) is 0 Å². The van der Waals surface area contributed by atoms with E-state index in [1.165, 1.54) is 11.1 Å². The van der Waals surface area contributed by atoms with Crippen molar-refractivity contribution in [2.24, 2.45) is 0 Å². The van der Waals surface area contributed by atoms with Gasteiger partial charge in [-0.1, -0.05) is 18.2 Å². The predicted molar refractivity (Wildman–Crippen MR) is 99.2 cm³/mol. The van der Waals surface area contributed by atoms with Gasteiger partial charge < -0.3 is 10.1 Å². The minimum atomic E-state index is -0.330. The zero-order valence-electron chi connectivity index (χ0n) is 15.3. The second-order valence-electron chi connectivity index (χ2n) is 6.34. The molecule has 6 nitrogen and oxygen atoms in total. The third-order valence-corrected chi connectivity index (χ3v) is 4.37. The molecule has 1 heterocycles. The van der Waals surface area contributed by atoms with Gasteiger partial charge in [-0.3, -0.25) is 4.79 Å². The Morgan fingerprint density at radius 2 is 1.65 bits per heavy atom. The molecule has 0 fully saturated rings. The molecule has 3 rings (SSSR count). The number of hydrogen-bond donors (Lipinski definition) is 1. The van der Waals surface area contributed by atoms with Crippen LogP contribution in [-0.2, 0) is 4.79 Å². The van der Waals surface area contributed by atoms with Gasteiger partial charge in [0.2, 0.25) is 5.82 Å². The fourth-order valence-electron chi connectivity index (χ4n) is 2.47. The van der Waals surface area contributed by atoms with E-state index in [0.717, 1.165) is 16.7 Å². The molecule has 1 N–H and O–H groups in total. The largest absolute Gasteiger partial charge is 0.484 e. The van der Waals surface area contributed by atoms with Gasteiger partial charge in [-0.05, 0) is 78.5 Å². The average Bonchev–Trinajstić information content (AvgIpc) is 3.06. The number of aryl methyl sites for hydroxylation is 4. The van der Waals surface area contributed by atoms with E-state index in [1.807, 2.05) is 64.1 Å². The van der Waals surface area contributed by atoms with E-state index < -0.39 is 0 Å². The van der Waals surface area contributed by atoms with Crippen LogP contribution in [0.5, 0.6) is 5.75 Å². The number of amides is 1. The lowest BCUT2D eigenvalue weighted by atomic mass is 10.0. The molecule has 1 amide bonds. The first-order valence-electron chi connectivity index (χ1n) is 8.34. The summed E-state index contributed by atoms with van der Waals surface area (Å²) in [5, 5.41) is 10.4. The van der Waals surface area contributed by atoms with E-state index in [2.05, 4.69) is 15.6 Å². The van der Waals surface area contributed by atoms with Crippen molar-refractivity contribution in [1.29, 1.82) is 0 Å². The minimum Gasteiger partial charge on any atom is -0.484 e. The van der Waals surface area contributed by atoms with E-state index >= 15 is 0 Å². The van der Waals surface area contributed by atoms with E-state index in [4.69, 9.17) is 9.37 Å². The second-order valence-corrected chi connectivity index (χ2v) is 6.34. The fourth-order valence-corrected chi connectivity index (χ4v) is 2.47. The number of ether oxygens (including phenoxy) is 1. The zero-order valence-corrected chi connectivity index (χ0v) is 15.3. The Kier molecular flexibility index (Phi) is 5.02. The lowest BCUT2D eigenvalue weighted by Crippen LogP contribution is -2.20.